The number of carbonyl (C=O) groups excluding carboxylic acids is 2. The Morgan fingerprint density at radius 3 is 2.94 bits per heavy atom. The number of nitrogens with two attached hydrogens (primary N) is 1. The number of benzene rings is 1. The van der Waals surface area contributed by atoms with Crippen molar-refractivity contribution in [2.75, 3.05) is 5.73 Å². The zero-order chi connectivity index (χ0) is 21.7. The number of piperidine rings is 1. The van der Waals surface area contributed by atoms with Crippen molar-refractivity contribution in [1.82, 2.24) is 29.7 Å². The molecule has 1 saturated heterocycles. The second kappa shape index (κ2) is 7.45. The fourth-order valence-corrected chi connectivity index (χ4v) is 4.47. The Labute approximate surface area is 181 Å². The van der Waals surface area contributed by atoms with Gasteiger partial charge in [-0.3, -0.25) is 9.59 Å². The van der Waals surface area contributed by atoms with Gasteiger partial charge in [0.25, 0.3) is 0 Å². The van der Waals surface area contributed by atoms with Crippen molar-refractivity contribution in [1.29, 1.82) is 0 Å². The molecule has 3 atom stereocenters. The van der Waals surface area contributed by atoms with Crippen LogP contribution < -0.4 is 11.1 Å². The van der Waals surface area contributed by atoms with Crippen molar-refractivity contribution < 1.29 is 14.0 Å². The van der Waals surface area contributed by atoms with Gasteiger partial charge in [0.2, 0.25) is 11.8 Å². The van der Waals surface area contributed by atoms with Gasteiger partial charge >= 0.3 is 0 Å². The highest BCUT2D eigenvalue weighted by Gasteiger charge is 2.55. The number of hydrogen-bond donors (Lipinski definition) is 2. The number of likely N-dealkylation sites (tertiary alicyclic amines) is 1. The lowest BCUT2D eigenvalue weighted by Crippen LogP contribution is -2.48. The molecule has 31 heavy (non-hydrogen) atoms. The van der Waals surface area contributed by atoms with Gasteiger partial charge in [-0.25, -0.2) is 19.3 Å². The summed E-state index contributed by atoms with van der Waals surface area (Å²) in [5.74, 6) is -0.497. The molecule has 3 aromatic rings. The lowest BCUT2D eigenvalue weighted by atomic mass is 10.1. The van der Waals surface area contributed by atoms with Gasteiger partial charge in [-0.2, -0.15) is 0 Å². The maximum absolute atomic E-state index is 14.1. The number of amides is 2. The van der Waals surface area contributed by atoms with Crippen LogP contribution in [0.3, 0.4) is 0 Å². The van der Waals surface area contributed by atoms with E-state index in [-0.39, 0.29) is 41.8 Å². The van der Waals surface area contributed by atoms with Gasteiger partial charge in [-0.15, -0.1) is 0 Å². The van der Waals surface area contributed by atoms with E-state index in [0.29, 0.717) is 29.1 Å². The summed E-state index contributed by atoms with van der Waals surface area (Å²) >= 11 is 5.80. The number of aromatic nitrogens is 4. The Hall–Kier alpha value is -3.27. The topological polar surface area (TPSA) is 119 Å². The summed E-state index contributed by atoms with van der Waals surface area (Å²) in [4.78, 5) is 39.8. The van der Waals surface area contributed by atoms with Crippen molar-refractivity contribution in [3.63, 3.8) is 0 Å². The van der Waals surface area contributed by atoms with E-state index in [1.54, 1.807) is 21.6 Å². The third-order valence-corrected chi connectivity index (χ3v) is 6.21. The Morgan fingerprint density at radius 2 is 2.10 bits per heavy atom. The number of halogens is 2. The van der Waals surface area contributed by atoms with Gasteiger partial charge in [0.15, 0.2) is 11.5 Å². The zero-order valence-corrected chi connectivity index (χ0v) is 17.1. The number of nitrogen functional groups attached to an aromatic ring is 1. The smallest absolute Gasteiger partial charge is 0.243 e. The molecule has 0 radical (unpaired) electrons. The molecule has 3 heterocycles. The van der Waals surface area contributed by atoms with Crippen LogP contribution in [0.4, 0.5) is 10.2 Å². The summed E-state index contributed by atoms with van der Waals surface area (Å²) in [6, 6.07) is 4.10. The Kier molecular flexibility index (Phi) is 4.73. The number of nitrogens with zero attached hydrogens (tertiary/aromatic N) is 5. The first kappa shape index (κ1) is 19.7. The predicted octanol–water partition coefficient (Wildman–Crippen LogP) is 1.51. The Balaban J connectivity index is 1.30. The molecule has 2 aliphatic rings. The average Bonchev–Trinajstić information content (AvgIpc) is 3.21. The number of nitrogens with one attached hydrogen (secondary N) is 1. The molecule has 2 amide bonds. The SMILES string of the molecule is Nc1ncnc2c1ncn2CC(=O)N1[C@H](C(=O)NCc2cccc(Cl)c2F)C[C@@H]2C[C@@H]21. The van der Waals surface area contributed by atoms with Gasteiger partial charge in [0, 0.05) is 18.2 Å². The highest BCUT2D eigenvalue weighted by molar-refractivity contribution is 6.30. The van der Waals surface area contributed by atoms with Crippen LogP contribution >= 0.6 is 11.6 Å². The first-order valence-corrected chi connectivity index (χ1v) is 10.2. The van der Waals surface area contributed by atoms with E-state index in [1.807, 2.05) is 0 Å². The highest BCUT2D eigenvalue weighted by atomic mass is 35.5. The molecule has 0 unspecified atom stereocenters. The summed E-state index contributed by atoms with van der Waals surface area (Å²) in [5.41, 5.74) is 6.99. The molecule has 1 saturated carbocycles. The van der Waals surface area contributed by atoms with E-state index in [0.717, 1.165) is 6.42 Å². The molecule has 9 nitrogen and oxygen atoms in total. The lowest BCUT2D eigenvalue weighted by molar-refractivity contribution is -0.140. The van der Waals surface area contributed by atoms with Crippen LogP contribution in [0.15, 0.2) is 30.9 Å². The number of anilines is 1. The van der Waals surface area contributed by atoms with E-state index in [1.165, 1.54) is 18.7 Å². The maximum atomic E-state index is 14.1. The predicted molar refractivity (Wildman–Crippen MR) is 110 cm³/mol. The minimum atomic E-state index is -0.590. The maximum Gasteiger partial charge on any atom is 0.243 e. The van der Waals surface area contributed by atoms with Crippen LogP contribution in [0.25, 0.3) is 11.2 Å². The molecule has 0 bridgehead atoms. The summed E-state index contributed by atoms with van der Waals surface area (Å²) in [7, 11) is 0. The van der Waals surface area contributed by atoms with Crippen molar-refractivity contribution in [2.45, 2.75) is 38.0 Å². The summed E-state index contributed by atoms with van der Waals surface area (Å²) in [5, 5.41) is 2.75. The van der Waals surface area contributed by atoms with Gasteiger partial charge in [0.1, 0.15) is 30.2 Å². The molecule has 0 spiro atoms. The Bertz CT molecular complexity index is 1200. The lowest BCUT2D eigenvalue weighted by Gasteiger charge is -2.27. The monoisotopic (exact) mass is 443 g/mol. The number of rotatable bonds is 5. The minimum absolute atomic E-state index is 0.00143. The first-order chi connectivity index (χ1) is 14.9. The number of carbonyl (C=O) groups is 2. The van der Waals surface area contributed by atoms with Crippen LogP contribution in [-0.2, 0) is 22.7 Å². The molecule has 3 N–H and O–H groups in total. The molecule has 5 rings (SSSR count). The minimum Gasteiger partial charge on any atom is -0.382 e. The third-order valence-electron chi connectivity index (χ3n) is 5.91. The molecule has 11 heteroatoms. The number of fused-ring (bicyclic) bond motifs is 2. The molecule has 2 fully saturated rings. The van der Waals surface area contributed by atoms with Crippen molar-refractivity contribution in [3.8, 4) is 0 Å². The van der Waals surface area contributed by atoms with E-state index in [2.05, 4.69) is 20.3 Å². The summed E-state index contributed by atoms with van der Waals surface area (Å²) in [6.07, 6.45) is 4.29. The van der Waals surface area contributed by atoms with Gasteiger partial charge < -0.3 is 20.5 Å². The molecular formula is C20H19ClFN7O2. The van der Waals surface area contributed by atoms with Gasteiger partial charge in [0.05, 0.1) is 11.3 Å². The fraction of sp³-hybridized carbons (Fsp3) is 0.350. The quantitative estimate of drug-likeness (QED) is 0.617. The molecular weight excluding hydrogens is 425 g/mol. The standard InChI is InChI=1S/C20H19ClFN7O2/c21-12-3-1-2-10(16(12)22)6-24-20(31)14-5-11-4-13(11)29(14)15(30)7-28-9-27-17-18(23)25-8-26-19(17)28/h1-3,8-9,11,13-14H,4-7H2,(H,24,31)(H2,23,25,26)/t11-,13-,14-/m0/s1. The van der Waals surface area contributed by atoms with Crippen LogP contribution in [-0.4, -0.2) is 48.3 Å². The van der Waals surface area contributed by atoms with Crippen molar-refractivity contribution in [2.24, 2.45) is 5.92 Å². The molecule has 2 aromatic heterocycles. The molecule has 1 aliphatic carbocycles. The van der Waals surface area contributed by atoms with Crippen LogP contribution in [0.5, 0.6) is 0 Å². The van der Waals surface area contributed by atoms with Crippen molar-refractivity contribution in [3.05, 3.63) is 47.3 Å². The summed E-state index contributed by atoms with van der Waals surface area (Å²) < 4.78 is 15.7. The third kappa shape index (κ3) is 3.46. The number of hydrogen-bond acceptors (Lipinski definition) is 6. The van der Waals surface area contributed by atoms with E-state index in [4.69, 9.17) is 17.3 Å². The van der Waals surface area contributed by atoms with Crippen molar-refractivity contribution >= 4 is 40.4 Å². The largest absolute Gasteiger partial charge is 0.382 e. The zero-order valence-electron chi connectivity index (χ0n) is 16.3. The van der Waals surface area contributed by atoms with E-state index in [9.17, 15) is 14.0 Å². The van der Waals surface area contributed by atoms with Crippen LogP contribution in [0, 0.1) is 11.7 Å². The average molecular weight is 444 g/mol. The second-order valence-electron chi connectivity index (χ2n) is 7.85. The van der Waals surface area contributed by atoms with Gasteiger partial charge in [-0.1, -0.05) is 23.7 Å². The Morgan fingerprint density at radius 1 is 1.26 bits per heavy atom. The van der Waals surface area contributed by atoms with Gasteiger partial charge in [-0.05, 0) is 24.8 Å². The number of imidazole rings is 1. The summed E-state index contributed by atoms with van der Waals surface area (Å²) in [6.45, 7) is -0.00960. The van der Waals surface area contributed by atoms with E-state index < -0.39 is 11.9 Å². The molecule has 1 aliphatic heterocycles. The van der Waals surface area contributed by atoms with Crippen LogP contribution in [0.1, 0.15) is 18.4 Å². The second-order valence-corrected chi connectivity index (χ2v) is 8.26. The first-order valence-electron chi connectivity index (χ1n) is 9.87. The molecule has 1 aromatic carbocycles. The normalized spacial score (nSPS) is 21.9. The van der Waals surface area contributed by atoms with Crippen LogP contribution in [0.2, 0.25) is 5.02 Å². The molecule has 160 valence electrons. The highest BCUT2D eigenvalue weighted by Crippen LogP contribution is 2.48. The fourth-order valence-electron chi connectivity index (χ4n) is 4.28. The van der Waals surface area contributed by atoms with E-state index >= 15 is 0 Å².